The lowest BCUT2D eigenvalue weighted by Crippen LogP contribution is -2.45. The van der Waals surface area contributed by atoms with Crippen molar-refractivity contribution < 1.29 is 4.12 Å². The van der Waals surface area contributed by atoms with Crippen molar-refractivity contribution in [3.8, 4) is 0 Å². The van der Waals surface area contributed by atoms with Gasteiger partial charge in [0, 0.05) is 4.47 Å². The summed E-state index contributed by atoms with van der Waals surface area (Å²) in [6.45, 7) is 6.70. The Morgan fingerprint density at radius 3 is 2.62 bits per heavy atom. The Labute approximate surface area is 91.7 Å². The van der Waals surface area contributed by atoms with Gasteiger partial charge in [-0.2, -0.15) is 0 Å². The van der Waals surface area contributed by atoms with Crippen LogP contribution in [0.2, 0.25) is 19.6 Å². The van der Waals surface area contributed by atoms with Gasteiger partial charge in [-0.25, -0.2) is 0 Å². The summed E-state index contributed by atoms with van der Waals surface area (Å²) < 4.78 is 7.07. The molecule has 0 saturated heterocycles. The molecule has 0 aliphatic carbocycles. The standard InChI is InChI=1S/C9H15BrOSi2/c1-12-11-13(2,3)9-6-4-5-8(10)7-9/h4-7H,12H2,1-3H3. The number of benzene rings is 1. The van der Waals surface area contributed by atoms with E-state index < -0.39 is 8.32 Å². The lowest BCUT2D eigenvalue weighted by atomic mass is 10.4. The van der Waals surface area contributed by atoms with Crippen molar-refractivity contribution in [2.24, 2.45) is 0 Å². The van der Waals surface area contributed by atoms with Gasteiger partial charge in [-0.3, -0.25) is 0 Å². The molecule has 0 atom stereocenters. The molecule has 0 fully saturated rings. The highest BCUT2D eigenvalue weighted by Crippen LogP contribution is 2.10. The van der Waals surface area contributed by atoms with Crippen molar-refractivity contribution in [1.29, 1.82) is 0 Å². The fourth-order valence-electron chi connectivity index (χ4n) is 1.31. The van der Waals surface area contributed by atoms with Gasteiger partial charge in [0.15, 0.2) is 0 Å². The second-order valence-electron chi connectivity index (χ2n) is 3.45. The number of halogens is 1. The molecule has 0 N–H and O–H groups in total. The van der Waals surface area contributed by atoms with Crippen LogP contribution < -0.4 is 5.19 Å². The molecule has 0 heterocycles. The molecule has 1 rings (SSSR count). The molecular formula is C9H15BrOSi2. The summed E-state index contributed by atoms with van der Waals surface area (Å²) >= 11 is 3.48. The maximum atomic E-state index is 5.93. The molecule has 0 bridgehead atoms. The van der Waals surface area contributed by atoms with Crippen LogP contribution in [0.3, 0.4) is 0 Å². The van der Waals surface area contributed by atoms with E-state index in [9.17, 15) is 0 Å². The summed E-state index contributed by atoms with van der Waals surface area (Å²) in [7, 11) is -1.88. The second kappa shape index (κ2) is 4.55. The molecule has 0 spiro atoms. The second-order valence-corrected chi connectivity index (χ2v) is 9.70. The van der Waals surface area contributed by atoms with Crippen molar-refractivity contribution in [3.05, 3.63) is 28.7 Å². The zero-order chi connectivity index (χ0) is 9.90. The Hall–Kier alpha value is 0.0938. The first-order valence-corrected chi connectivity index (χ1v) is 10.2. The number of rotatable bonds is 3. The minimum Gasteiger partial charge on any atom is -0.458 e. The molecule has 1 aromatic rings. The Morgan fingerprint density at radius 1 is 1.38 bits per heavy atom. The van der Waals surface area contributed by atoms with Gasteiger partial charge < -0.3 is 4.12 Å². The molecule has 0 aliphatic heterocycles. The van der Waals surface area contributed by atoms with Crippen molar-refractivity contribution in [3.63, 3.8) is 0 Å². The smallest absolute Gasteiger partial charge is 0.205 e. The molecule has 13 heavy (non-hydrogen) atoms. The molecule has 0 aromatic heterocycles. The van der Waals surface area contributed by atoms with E-state index in [1.54, 1.807) is 0 Å². The third-order valence-electron chi connectivity index (χ3n) is 2.03. The van der Waals surface area contributed by atoms with Crippen LogP contribution in [0, 0.1) is 0 Å². The van der Waals surface area contributed by atoms with Crippen LogP contribution >= 0.6 is 15.9 Å². The van der Waals surface area contributed by atoms with E-state index in [1.165, 1.54) is 5.19 Å². The number of hydrogen-bond acceptors (Lipinski definition) is 1. The Morgan fingerprint density at radius 2 is 2.08 bits per heavy atom. The molecule has 0 radical (unpaired) electrons. The van der Waals surface area contributed by atoms with Gasteiger partial charge in [0.2, 0.25) is 8.32 Å². The molecule has 0 amide bonds. The van der Waals surface area contributed by atoms with Crippen LogP contribution in [0.4, 0.5) is 0 Å². The summed E-state index contributed by atoms with van der Waals surface area (Å²) in [6.07, 6.45) is 0. The van der Waals surface area contributed by atoms with E-state index in [0.29, 0.717) is 0 Å². The summed E-state index contributed by atoms with van der Waals surface area (Å²) in [4.78, 5) is 0. The summed E-state index contributed by atoms with van der Waals surface area (Å²) in [6, 6.07) is 8.48. The largest absolute Gasteiger partial charge is 0.458 e. The minimum absolute atomic E-state index is 0.300. The van der Waals surface area contributed by atoms with Crippen molar-refractivity contribution in [1.82, 2.24) is 0 Å². The van der Waals surface area contributed by atoms with E-state index in [2.05, 4.69) is 59.8 Å². The van der Waals surface area contributed by atoms with Crippen LogP contribution in [-0.4, -0.2) is 18.1 Å². The molecule has 0 aliphatic rings. The average Bonchev–Trinajstić information content (AvgIpc) is 2.04. The van der Waals surface area contributed by atoms with Crippen LogP contribution in [0.5, 0.6) is 0 Å². The maximum Gasteiger partial charge on any atom is 0.205 e. The summed E-state index contributed by atoms with van der Waals surface area (Å²) in [5.41, 5.74) is 0. The van der Waals surface area contributed by atoms with Gasteiger partial charge in [0.05, 0.1) is 0 Å². The van der Waals surface area contributed by atoms with E-state index in [1.807, 2.05) is 0 Å². The molecule has 0 saturated carbocycles. The van der Waals surface area contributed by atoms with Crippen LogP contribution in [0.1, 0.15) is 0 Å². The highest BCUT2D eigenvalue weighted by Gasteiger charge is 2.23. The van der Waals surface area contributed by atoms with Crippen molar-refractivity contribution in [2.75, 3.05) is 0 Å². The van der Waals surface area contributed by atoms with Gasteiger partial charge >= 0.3 is 0 Å². The SMILES string of the molecule is C[SiH2]O[Si](C)(C)c1cccc(Br)c1. The minimum atomic E-state index is -1.58. The molecule has 1 aromatic carbocycles. The molecule has 1 nitrogen and oxygen atoms in total. The third kappa shape index (κ3) is 3.05. The average molecular weight is 275 g/mol. The van der Waals surface area contributed by atoms with Gasteiger partial charge in [-0.15, -0.1) is 0 Å². The first-order valence-electron chi connectivity index (χ1n) is 4.46. The Bertz CT molecular complexity index is 289. The molecule has 0 unspecified atom stereocenters. The zero-order valence-corrected chi connectivity index (χ0v) is 12.3. The van der Waals surface area contributed by atoms with E-state index in [4.69, 9.17) is 4.12 Å². The Balaban J connectivity index is 2.93. The van der Waals surface area contributed by atoms with Gasteiger partial charge in [0.25, 0.3) is 0 Å². The predicted molar refractivity (Wildman–Crippen MR) is 66.8 cm³/mol. The van der Waals surface area contributed by atoms with Crippen LogP contribution in [0.15, 0.2) is 28.7 Å². The maximum absolute atomic E-state index is 5.93. The van der Waals surface area contributed by atoms with Gasteiger partial charge in [-0.05, 0) is 30.4 Å². The lowest BCUT2D eigenvalue weighted by Gasteiger charge is -2.23. The first-order chi connectivity index (χ1) is 6.06. The summed E-state index contributed by atoms with van der Waals surface area (Å²) in [5, 5.41) is 1.37. The predicted octanol–water partition coefficient (Wildman–Crippen LogP) is 2.01. The molecular weight excluding hydrogens is 260 g/mol. The Kier molecular flexibility index (Phi) is 3.91. The van der Waals surface area contributed by atoms with E-state index in [0.717, 1.165) is 4.47 Å². The molecule has 72 valence electrons. The molecule has 4 heteroatoms. The zero-order valence-electron chi connectivity index (χ0n) is 8.30. The van der Waals surface area contributed by atoms with Gasteiger partial charge in [-0.1, -0.05) is 34.6 Å². The monoisotopic (exact) mass is 274 g/mol. The highest BCUT2D eigenvalue weighted by molar-refractivity contribution is 9.10. The highest BCUT2D eigenvalue weighted by atomic mass is 79.9. The quantitative estimate of drug-likeness (QED) is 0.767. The van der Waals surface area contributed by atoms with E-state index >= 15 is 0 Å². The first kappa shape index (κ1) is 11.2. The van der Waals surface area contributed by atoms with Crippen LogP contribution in [-0.2, 0) is 4.12 Å². The fraction of sp³-hybridized carbons (Fsp3) is 0.333. The number of hydrogen-bond donors (Lipinski definition) is 0. The lowest BCUT2D eigenvalue weighted by molar-refractivity contribution is 0.611. The van der Waals surface area contributed by atoms with Crippen LogP contribution in [0.25, 0.3) is 0 Å². The fourth-order valence-corrected chi connectivity index (χ4v) is 6.47. The topological polar surface area (TPSA) is 9.23 Å². The normalized spacial score (nSPS) is 12.6. The summed E-state index contributed by atoms with van der Waals surface area (Å²) in [5.74, 6) is 0. The van der Waals surface area contributed by atoms with Crippen molar-refractivity contribution >= 4 is 39.2 Å². The van der Waals surface area contributed by atoms with Gasteiger partial charge in [0.1, 0.15) is 9.76 Å². The third-order valence-corrected chi connectivity index (χ3v) is 8.26. The van der Waals surface area contributed by atoms with E-state index in [-0.39, 0.29) is 9.76 Å². The van der Waals surface area contributed by atoms with Crippen molar-refractivity contribution in [2.45, 2.75) is 19.6 Å².